The average Bonchev–Trinajstić information content (AvgIpc) is 2.98. The highest BCUT2D eigenvalue weighted by Gasteiger charge is 2.26. The average molecular weight is 371 g/mol. The topological polar surface area (TPSA) is 98.1 Å². The fraction of sp³-hybridized carbons (Fsp3) is 0.389. The van der Waals surface area contributed by atoms with Crippen molar-refractivity contribution >= 4 is 40.3 Å². The summed E-state index contributed by atoms with van der Waals surface area (Å²) in [7, 11) is 1.95. The van der Waals surface area contributed by atoms with E-state index in [-0.39, 0.29) is 12.3 Å². The fourth-order valence-corrected chi connectivity index (χ4v) is 3.72. The van der Waals surface area contributed by atoms with E-state index in [0.717, 1.165) is 22.3 Å². The fourth-order valence-electron chi connectivity index (χ4n) is 3.72. The van der Waals surface area contributed by atoms with Crippen LogP contribution in [-0.2, 0) is 11.8 Å². The van der Waals surface area contributed by atoms with Gasteiger partial charge in [0.2, 0.25) is 5.91 Å². The summed E-state index contributed by atoms with van der Waals surface area (Å²) in [6.07, 6.45) is 1.44. The van der Waals surface area contributed by atoms with Crippen molar-refractivity contribution < 1.29 is 19.5 Å². The summed E-state index contributed by atoms with van der Waals surface area (Å²) in [5, 5.41) is 12.5. The van der Waals surface area contributed by atoms with Gasteiger partial charge >= 0.3 is 12.1 Å². The van der Waals surface area contributed by atoms with Gasteiger partial charge in [-0.1, -0.05) is 0 Å². The van der Waals surface area contributed by atoms with E-state index in [4.69, 9.17) is 5.11 Å². The van der Waals surface area contributed by atoms with Gasteiger partial charge in [-0.15, -0.1) is 0 Å². The first-order valence-electron chi connectivity index (χ1n) is 8.87. The number of nitrogens with one attached hydrogen (secondary N) is 1. The zero-order valence-electron chi connectivity index (χ0n) is 15.0. The van der Waals surface area contributed by atoms with E-state index in [9.17, 15) is 14.4 Å². The molecule has 2 N–H and O–H groups in total. The van der Waals surface area contributed by atoms with Gasteiger partial charge < -0.3 is 19.5 Å². The number of aryl methyl sites for hydroxylation is 1. The third-order valence-electron chi connectivity index (χ3n) is 5.21. The van der Waals surface area contributed by atoms with Gasteiger partial charge in [0.05, 0.1) is 11.2 Å². The molecule has 0 atom stereocenters. The van der Waals surface area contributed by atoms with Crippen molar-refractivity contribution in [3.05, 3.63) is 24.4 Å². The van der Waals surface area contributed by atoms with Crippen molar-refractivity contribution in [3.63, 3.8) is 0 Å². The Morgan fingerprint density at radius 1 is 1.11 bits per heavy atom. The zero-order chi connectivity index (χ0) is 19.1. The van der Waals surface area contributed by atoms with Crippen LogP contribution < -0.4 is 15.1 Å². The lowest BCUT2D eigenvalue weighted by molar-refractivity contribution is -0.120. The van der Waals surface area contributed by atoms with Gasteiger partial charge in [0.15, 0.2) is 0 Å². The number of imide groups is 1. The molecule has 3 heterocycles. The van der Waals surface area contributed by atoms with Crippen molar-refractivity contribution in [3.8, 4) is 0 Å². The van der Waals surface area contributed by atoms with Crippen LogP contribution in [0.25, 0.3) is 10.9 Å². The number of carbonyl (C=O) groups is 3. The zero-order valence-corrected chi connectivity index (χ0v) is 15.0. The molecule has 2 aliphatic heterocycles. The SMILES string of the molecule is Cn1cc(N2CCN(C(=O)O)CC2)c2ccc(N3CCC(=O)NC3=O)cc21. The van der Waals surface area contributed by atoms with Crippen LogP contribution in [0.5, 0.6) is 0 Å². The number of amides is 4. The van der Waals surface area contributed by atoms with Gasteiger partial charge in [-0.05, 0) is 18.2 Å². The monoisotopic (exact) mass is 371 g/mol. The maximum absolute atomic E-state index is 12.1. The number of benzene rings is 1. The molecule has 4 rings (SSSR count). The highest BCUT2D eigenvalue weighted by atomic mass is 16.4. The first-order valence-corrected chi connectivity index (χ1v) is 8.87. The Hall–Kier alpha value is -3.23. The van der Waals surface area contributed by atoms with Crippen molar-refractivity contribution in [2.24, 2.45) is 7.05 Å². The lowest BCUT2D eigenvalue weighted by Gasteiger charge is -2.34. The van der Waals surface area contributed by atoms with Crippen LogP contribution in [0, 0.1) is 0 Å². The number of fused-ring (bicyclic) bond motifs is 1. The lowest BCUT2D eigenvalue weighted by atomic mass is 10.1. The molecule has 0 saturated carbocycles. The molecule has 2 aliphatic rings. The normalized spacial score (nSPS) is 18.2. The second-order valence-electron chi connectivity index (χ2n) is 6.84. The number of hydrogen-bond donors (Lipinski definition) is 2. The summed E-state index contributed by atoms with van der Waals surface area (Å²) in [5.41, 5.74) is 2.78. The number of nitrogens with zero attached hydrogens (tertiary/aromatic N) is 4. The first-order chi connectivity index (χ1) is 12.9. The number of carbonyl (C=O) groups excluding carboxylic acids is 2. The maximum Gasteiger partial charge on any atom is 0.407 e. The minimum absolute atomic E-state index is 0.251. The lowest BCUT2D eigenvalue weighted by Crippen LogP contribution is -2.49. The molecule has 2 saturated heterocycles. The van der Waals surface area contributed by atoms with Crippen LogP contribution in [0.3, 0.4) is 0 Å². The molecule has 4 amide bonds. The van der Waals surface area contributed by atoms with E-state index in [0.29, 0.717) is 32.7 Å². The Morgan fingerprint density at radius 3 is 2.52 bits per heavy atom. The second kappa shape index (κ2) is 6.49. The van der Waals surface area contributed by atoms with Crippen molar-refractivity contribution in [1.82, 2.24) is 14.8 Å². The summed E-state index contributed by atoms with van der Waals surface area (Å²) in [4.78, 5) is 39.7. The van der Waals surface area contributed by atoms with E-state index in [2.05, 4.69) is 10.2 Å². The number of hydrogen-bond acceptors (Lipinski definition) is 4. The minimum Gasteiger partial charge on any atom is -0.465 e. The molecular formula is C18H21N5O4. The van der Waals surface area contributed by atoms with Gasteiger partial charge in [0, 0.05) is 63.5 Å². The molecule has 0 unspecified atom stereocenters. The first kappa shape index (κ1) is 17.2. The van der Waals surface area contributed by atoms with E-state index in [1.807, 2.05) is 36.0 Å². The van der Waals surface area contributed by atoms with Crippen LogP contribution in [-0.4, -0.2) is 65.3 Å². The molecule has 0 spiro atoms. The second-order valence-corrected chi connectivity index (χ2v) is 6.84. The van der Waals surface area contributed by atoms with Gasteiger partial charge in [-0.3, -0.25) is 15.0 Å². The number of aromatic nitrogens is 1. The molecule has 0 radical (unpaired) electrons. The molecule has 142 valence electrons. The van der Waals surface area contributed by atoms with Gasteiger partial charge in [0.25, 0.3) is 0 Å². The van der Waals surface area contributed by atoms with Crippen LogP contribution in [0.2, 0.25) is 0 Å². The predicted molar refractivity (Wildman–Crippen MR) is 100 cm³/mol. The molecule has 0 aliphatic carbocycles. The molecule has 0 bridgehead atoms. The smallest absolute Gasteiger partial charge is 0.407 e. The van der Waals surface area contributed by atoms with Crippen LogP contribution >= 0.6 is 0 Å². The van der Waals surface area contributed by atoms with Crippen molar-refractivity contribution in [2.75, 3.05) is 42.5 Å². The Labute approximate surface area is 155 Å². The third-order valence-corrected chi connectivity index (χ3v) is 5.21. The Kier molecular flexibility index (Phi) is 4.14. The molecule has 9 nitrogen and oxygen atoms in total. The molecule has 2 fully saturated rings. The summed E-state index contributed by atoms with van der Waals surface area (Å²) in [6, 6.07) is 5.41. The number of urea groups is 1. The minimum atomic E-state index is -0.879. The molecule has 1 aromatic carbocycles. The molecule has 27 heavy (non-hydrogen) atoms. The number of anilines is 2. The van der Waals surface area contributed by atoms with E-state index < -0.39 is 12.1 Å². The van der Waals surface area contributed by atoms with Gasteiger partial charge in [-0.25, -0.2) is 9.59 Å². The molecule has 2 aromatic rings. The Balaban J connectivity index is 1.61. The highest BCUT2D eigenvalue weighted by Crippen LogP contribution is 2.32. The highest BCUT2D eigenvalue weighted by molar-refractivity contribution is 6.06. The Bertz CT molecular complexity index is 929. The number of piperazine rings is 1. The summed E-state index contributed by atoms with van der Waals surface area (Å²) in [5.74, 6) is -0.251. The van der Waals surface area contributed by atoms with Crippen molar-refractivity contribution in [1.29, 1.82) is 0 Å². The van der Waals surface area contributed by atoms with Crippen molar-refractivity contribution in [2.45, 2.75) is 6.42 Å². The largest absolute Gasteiger partial charge is 0.465 e. The van der Waals surface area contributed by atoms with Gasteiger partial charge in [-0.2, -0.15) is 0 Å². The molecular weight excluding hydrogens is 350 g/mol. The summed E-state index contributed by atoms with van der Waals surface area (Å²) >= 11 is 0. The Morgan fingerprint density at radius 2 is 1.85 bits per heavy atom. The standard InChI is InChI=1S/C18H21N5O4/c1-20-11-15(21-6-8-22(9-7-21)18(26)27)13-3-2-12(10-14(13)20)23-5-4-16(24)19-17(23)25/h2-3,10-11H,4-9H2,1H3,(H,26,27)(H,19,24,25). The van der Waals surface area contributed by atoms with E-state index in [1.165, 1.54) is 4.90 Å². The predicted octanol–water partition coefficient (Wildman–Crippen LogP) is 1.42. The van der Waals surface area contributed by atoms with Gasteiger partial charge in [0.1, 0.15) is 0 Å². The summed E-state index contributed by atoms with van der Waals surface area (Å²) < 4.78 is 2.00. The van der Waals surface area contributed by atoms with Crippen LogP contribution in [0.15, 0.2) is 24.4 Å². The van der Waals surface area contributed by atoms with Crippen LogP contribution in [0.4, 0.5) is 21.0 Å². The molecule has 1 aromatic heterocycles. The molecule has 9 heteroatoms. The van der Waals surface area contributed by atoms with E-state index in [1.54, 1.807) is 4.90 Å². The quantitative estimate of drug-likeness (QED) is 0.832. The number of carboxylic acid groups (broad SMARTS) is 1. The van der Waals surface area contributed by atoms with Crippen LogP contribution in [0.1, 0.15) is 6.42 Å². The third kappa shape index (κ3) is 3.05. The summed E-state index contributed by atoms with van der Waals surface area (Å²) in [6.45, 7) is 2.61. The number of rotatable bonds is 2. The van der Waals surface area contributed by atoms with E-state index >= 15 is 0 Å². The maximum atomic E-state index is 12.1.